The first-order chi connectivity index (χ1) is 4.92. The summed E-state index contributed by atoms with van der Waals surface area (Å²) in [6.45, 7) is 1.66. The molecule has 11 heavy (non-hydrogen) atoms. The van der Waals surface area contributed by atoms with Crippen LogP contribution in [0.4, 0.5) is 0 Å². The standard InChI is InChI=1S/C7H11NO3/c1-7(8)2-4(9)6(11)5(10)3-7/h9,11H,2-3,8H2,1H3. The SMILES string of the molecule is CC1(N)CC(=O)C(O)=C(O)C1. The van der Waals surface area contributed by atoms with E-state index in [0.717, 1.165) is 0 Å². The van der Waals surface area contributed by atoms with Gasteiger partial charge in [0.15, 0.2) is 5.76 Å². The molecule has 0 heterocycles. The van der Waals surface area contributed by atoms with E-state index < -0.39 is 17.1 Å². The van der Waals surface area contributed by atoms with E-state index in [1.807, 2.05) is 0 Å². The van der Waals surface area contributed by atoms with E-state index in [0.29, 0.717) is 0 Å². The monoisotopic (exact) mass is 157 g/mol. The number of aliphatic hydroxyl groups is 2. The molecule has 4 heteroatoms. The number of allylic oxidation sites excluding steroid dienone is 1. The van der Waals surface area contributed by atoms with Crippen LogP contribution in [-0.4, -0.2) is 21.5 Å². The molecule has 1 atom stereocenters. The van der Waals surface area contributed by atoms with Crippen LogP contribution >= 0.6 is 0 Å². The quantitative estimate of drug-likeness (QED) is 0.475. The molecule has 0 spiro atoms. The number of rotatable bonds is 0. The number of aliphatic hydroxyl groups excluding tert-OH is 2. The molecule has 0 aromatic carbocycles. The topological polar surface area (TPSA) is 83.6 Å². The van der Waals surface area contributed by atoms with Gasteiger partial charge in [-0.2, -0.15) is 0 Å². The number of hydrogen-bond acceptors (Lipinski definition) is 4. The molecule has 0 aromatic rings. The minimum Gasteiger partial charge on any atom is -0.508 e. The van der Waals surface area contributed by atoms with Crippen molar-refractivity contribution in [1.82, 2.24) is 0 Å². The first kappa shape index (κ1) is 8.07. The molecule has 1 rings (SSSR count). The number of carbonyl (C=O) groups is 1. The number of Topliss-reactive ketones (excluding diaryl/α,β-unsaturated/α-hetero) is 1. The summed E-state index contributed by atoms with van der Waals surface area (Å²) in [5.74, 6) is -1.32. The van der Waals surface area contributed by atoms with Crippen molar-refractivity contribution in [2.24, 2.45) is 5.73 Å². The maximum Gasteiger partial charge on any atom is 0.202 e. The molecule has 0 saturated heterocycles. The molecule has 1 unspecified atom stereocenters. The Morgan fingerprint density at radius 2 is 2.00 bits per heavy atom. The largest absolute Gasteiger partial charge is 0.508 e. The van der Waals surface area contributed by atoms with Gasteiger partial charge < -0.3 is 15.9 Å². The molecule has 0 amide bonds. The lowest BCUT2D eigenvalue weighted by Crippen LogP contribution is -2.42. The lowest BCUT2D eigenvalue weighted by Gasteiger charge is -2.27. The summed E-state index contributed by atoms with van der Waals surface area (Å²) >= 11 is 0. The zero-order valence-corrected chi connectivity index (χ0v) is 6.29. The molecule has 4 nitrogen and oxygen atoms in total. The van der Waals surface area contributed by atoms with E-state index in [-0.39, 0.29) is 18.6 Å². The highest BCUT2D eigenvalue weighted by Crippen LogP contribution is 2.25. The lowest BCUT2D eigenvalue weighted by molar-refractivity contribution is -0.120. The van der Waals surface area contributed by atoms with Crippen LogP contribution in [0.25, 0.3) is 0 Å². The summed E-state index contributed by atoms with van der Waals surface area (Å²) in [7, 11) is 0. The molecular weight excluding hydrogens is 146 g/mol. The van der Waals surface area contributed by atoms with E-state index in [2.05, 4.69) is 0 Å². The first-order valence-electron chi connectivity index (χ1n) is 3.35. The van der Waals surface area contributed by atoms with E-state index in [4.69, 9.17) is 15.9 Å². The van der Waals surface area contributed by atoms with Crippen molar-refractivity contribution in [3.05, 3.63) is 11.5 Å². The molecule has 1 aliphatic rings. The van der Waals surface area contributed by atoms with Gasteiger partial charge in [0.25, 0.3) is 0 Å². The van der Waals surface area contributed by atoms with Gasteiger partial charge in [-0.05, 0) is 6.92 Å². The molecule has 0 aromatic heterocycles. The Morgan fingerprint density at radius 3 is 2.45 bits per heavy atom. The van der Waals surface area contributed by atoms with Crippen molar-refractivity contribution >= 4 is 5.78 Å². The Labute approximate surface area is 64.3 Å². The van der Waals surface area contributed by atoms with Gasteiger partial charge >= 0.3 is 0 Å². The van der Waals surface area contributed by atoms with Gasteiger partial charge in [0, 0.05) is 18.4 Å². The average Bonchev–Trinajstić information content (AvgIpc) is 1.81. The zero-order valence-electron chi connectivity index (χ0n) is 6.29. The average molecular weight is 157 g/mol. The number of carbonyl (C=O) groups excluding carboxylic acids is 1. The van der Waals surface area contributed by atoms with Crippen molar-refractivity contribution in [1.29, 1.82) is 0 Å². The van der Waals surface area contributed by atoms with Crippen LogP contribution in [0, 0.1) is 0 Å². The van der Waals surface area contributed by atoms with Gasteiger partial charge in [0.2, 0.25) is 5.78 Å². The van der Waals surface area contributed by atoms with Crippen LogP contribution in [0.15, 0.2) is 11.5 Å². The highest BCUT2D eigenvalue weighted by atomic mass is 16.3. The Balaban J connectivity index is 2.94. The second-order valence-corrected chi connectivity index (χ2v) is 3.23. The number of nitrogens with two attached hydrogens (primary N) is 1. The smallest absolute Gasteiger partial charge is 0.202 e. The molecule has 0 aliphatic heterocycles. The van der Waals surface area contributed by atoms with Crippen molar-refractivity contribution in [3.8, 4) is 0 Å². The molecule has 62 valence electrons. The maximum atomic E-state index is 10.9. The summed E-state index contributed by atoms with van der Waals surface area (Å²) in [5, 5.41) is 17.9. The van der Waals surface area contributed by atoms with Gasteiger partial charge in [-0.25, -0.2) is 0 Å². The van der Waals surface area contributed by atoms with Gasteiger partial charge in [-0.3, -0.25) is 4.79 Å². The molecular formula is C7H11NO3. The van der Waals surface area contributed by atoms with Gasteiger partial charge in [0.1, 0.15) is 5.76 Å². The summed E-state index contributed by atoms with van der Waals surface area (Å²) in [6, 6.07) is 0. The van der Waals surface area contributed by atoms with Gasteiger partial charge in [-0.15, -0.1) is 0 Å². The summed E-state index contributed by atoms with van der Waals surface area (Å²) in [6.07, 6.45) is 0.244. The fourth-order valence-corrected chi connectivity index (χ4v) is 1.14. The van der Waals surface area contributed by atoms with Crippen LogP contribution in [0.1, 0.15) is 19.8 Å². The highest BCUT2D eigenvalue weighted by Gasteiger charge is 2.33. The fraction of sp³-hybridized carbons (Fsp3) is 0.571. The lowest BCUT2D eigenvalue weighted by atomic mass is 9.86. The molecule has 0 bridgehead atoms. The van der Waals surface area contributed by atoms with E-state index >= 15 is 0 Å². The summed E-state index contributed by atoms with van der Waals surface area (Å²) in [4.78, 5) is 10.9. The van der Waals surface area contributed by atoms with E-state index in [9.17, 15) is 4.79 Å². The van der Waals surface area contributed by atoms with Gasteiger partial charge in [0.05, 0.1) is 0 Å². The maximum absolute atomic E-state index is 10.9. The predicted molar refractivity (Wildman–Crippen MR) is 39.1 cm³/mol. The summed E-state index contributed by atoms with van der Waals surface area (Å²) in [5.41, 5.74) is 4.88. The third kappa shape index (κ3) is 1.51. The molecule has 4 N–H and O–H groups in total. The minimum absolute atomic E-state index is 0.0862. The Hall–Kier alpha value is -1.03. The van der Waals surface area contributed by atoms with Crippen LogP contribution in [0.3, 0.4) is 0 Å². The molecule has 0 radical (unpaired) electrons. The van der Waals surface area contributed by atoms with Crippen LogP contribution in [0.2, 0.25) is 0 Å². The van der Waals surface area contributed by atoms with Crippen LogP contribution in [0.5, 0.6) is 0 Å². The van der Waals surface area contributed by atoms with Crippen molar-refractivity contribution in [2.75, 3.05) is 0 Å². The Kier molecular flexibility index (Phi) is 1.64. The molecule has 0 saturated carbocycles. The number of hydrogen-bond donors (Lipinski definition) is 3. The summed E-state index contributed by atoms with van der Waals surface area (Å²) < 4.78 is 0. The van der Waals surface area contributed by atoms with Crippen molar-refractivity contribution < 1.29 is 15.0 Å². The predicted octanol–water partition coefficient (Wildman–Crippen LogP) is 0.394. The first-order valence-corrected chi connectivity index (χ1v) is 3.35. The van der Waals surface area contributed by atoms with Crippen LogP contribution < -0.4 is 5.73 Å². The second kappa shape index (κ2) is 2.23. The highest BCUT2D eigenvalue weighted by molar-refractivity contribution is 5.95. The second-order valence-electron chi connectivity index (χ2n) is 3.23. The Morgan fingerprint density at radius 1 is 1.45 bits per heavy atom. The minimum atomic E-state index is -0.715. The number of ketones is 1. The molecule has 0 fully saturated rings. The van der Waals surface area contributed by atoms with E-state index in [1.54, 1.807) is 6.92 Å². The van der Waals surface area contributed by atoms with Gasteiger partial charge in [-0.1, -0.05) is 0 Å². The third-order valence-corrected chi connectivity index (χ3v) is 1.67. The van der Waals surface area contributed by atoms with Crippen molar-refractivity contribution in [2.45, 2.75) is 25.3 Å². The van der Waals surface area contributed by atoms with Crippen molar-refractivity contribution in [3.63, 3.8) is 0 Å². The Bertz CT molecular complexity index is 230. The molecule has 1 aliphatic carbocycles. The van der Waals surface area contributed by atoms with E-state index in [1.165, 1.54) is 0 Å². The normalized spacial score (nSPS) is 32.7. The third-order valence-electron chi connectivity index (χ3n) is 1.67. The fourth-order valence-electron chi connectivity index (χ4n) is 1.14. The zero-order chi connectivity index (χ0) is 8.65. The van der Waals surface area contributed by atoms with Crippen LogP contribution in [-0.2, 0) is 4.79 Å².